The summed E-state index contributed by atoms with van der Waals surface area (Å²) in [4.78, 5) is 9.07. The molecule has 0 aromatic carbocycles. The number of rotatable bonds is 2. The number of nitrogens with zero attached hydrogens (tertiary/aromatic N) is 2. The third-order valence-electron chi connectivity index (χ3n) is 3.29. The molecule has 1 aromatic rings. The van der Waals surface area contributed by atoms with Crippen LogP contribution in [-0.4, -0.2) is 29.2 Å². The average Bonchev–Trinajstić information content (AvgIpc) is 2.82. The van der Waals surface area contributed by atoms with Crippen molar-refractivity contribution in [3.63, 3.8) is 0 Å². The molecule has 1 aromatic heterocycles. The fourth-order valence-corrected chi connectivity index (χ4v) is 2.38. The van der Waals surface area contributed by atoms with Crippen molar-refractivity contribution in [3.8, 4) is 0 Å². The molecular formula is C12H17N3O. The summed E-state index contributed by atoms with van der Waals surface area (Å²) in [5.74, 6) is 0.951. The van der Waals surface area contributed by atoms with Crippen LogP contribution < -0.4 is 5.32 Å². The van der Waals surface area contributed by atoms with Crippen LogP contribution >= 0.6 is 0 Å². The van der Waals surface area contributed by atoms with E-state index in [0.717, 1.165) is 44.8 Å². The monoisotopic (exact) mass is 219 g/mol. The summed E-state index contributed by atoms with van der Waals surface area (Å²) < 4.78 is 5.61. The maximum atomic E-state index is 5.61. The van der Waals surface area contributed by atoms with E-state index in [9.17, 15) is 0 Å². The molecule has 1 atom stereocenters. The molecule has 0 spiro atoms. The van der Waals surface area contributed by atoms with Gasteiger partial charge in [0.2, 0.25) is 0 Å². The largest absolute Gasteiger partial charge is 0.378 e. The minimum absolute atomic E-state index is 0.347. The first-order valence-electron chi connectivity index (χ1n) is 6.08. The topological polar surface area (TPSA) is 47.0 Å². The van der Waals surface area contributed by atoms with Gasteiger partial charge in [-0.05, 0) is 12.8 Å². The van der Waals surface area contributed by atoms with Gasteiger partial charge in [-0.25, -0.2) is 9.97 Å². The molecule has 2 aliphatic rings. The highest BCUT2D eigenvalue weighted by Crippen LogP contribution is 2.17. The van der Waals surface area contributed by atoms with Gasteiger partial charge in [-0.3, -0.25) is 0 Å². The van der Waals surface area contributed by atoms with E-state index in [1.54, 1.807) is 0 Å². The second-order valence-electron chi connectivity index (χ2n) is 4.52. The Hall–Kier alpha value is -1.00. The lowest BCUT2D eigenvalue weighted by Gasteiger charge is -2.16. The van der Waals surface area contributed by atoms with E-state index in [-0.39, 0.29) is 0 Å². The SMILES string of the molecule is c1nc(CC2CCCO2)nc2c1CNCC2. The number of hydrogen-bond acceptors (Lipinski definition) is 4. The molecule has 1 saturated heterocycles. The molecule has 1 unspecified atom stereocenters. The van der Waals surface area contributed by atoms with E-state index in [1.807, 2.05) is 6.20 Å². The van der Waals surface area contributed by atoms with Crippen LogP contribution in [-0.2, 0) is 24.1 Å². The Morgan fingerprint density at radius 1 is 1.50 bits per heavy atom. The minimum atomic E-state index is 0.347. The second kappa shape index (κ2) is 4.47. The van der Waals surface area contributed by atoms with Crippen LogP contribution in [0.2, 0.25) is 0 Å². The molecule has 16 heavy (non-hydrogen) atoms. The summed E-state index contributed by atoms with van der Waals surface area (Å²) in [6.45, 7) is 2.85. The van der Waals surface area contributed by atoms with Crippen molar-refractivity contribution >= 4 is 0 Å². The van der Waals surface area contributed by atoms with Gasteiger partial charge in [0.25, 0.3) is 0 Å². The van der Waals surface area contributed by atoms with Crippen LogP contribution in [0, 0.1) is 0 Å². The molecule has 0 aliphatic carbocycles. The van der Waals surface area contributed by atoms with E-state index in [1.165, 1.54) is 17.7 Å². The lowest BCUT2D eigenvalue weighted by Crippen LogP contribution is -2.25. The van der Waals surface area contributed by atoms with Crippen molar-refractivity contribution in [3.05, 3.63) is 23.3 Å². The predicted molar refractivity (Wildman–Crippen MR) is 60.1 cm³/mol. The maximum Gasteiger partial charge on any atom is 0.131 e. The summed E-state index contributed by atoms with van der Waals surface area (Å²) in [6, 6.07) is 0. The van der Waals surface area contributed by atoms with Gasteiger partial charge in [-0.15, -0.1) is 0 Å². The molecule has 3 rings (SSSR count). The maximum absolute atomic E-state index is 5.61. The van der Waals surface area contributed by atoms with Gasteiger partial charge >= 0.3 is 0 Å². The Labute approximate surface area is 95.4 Å². The highest BCUT2D eigenvalue weighted by atomic mass is 16.5. The Morgan fingerprint density at radius 2 is 2.50 bits per heavy atom. The molecule has 1 N–H and O–H groups in total. The van der Waals surface area contributed by atoms with Crippen molar-refractivity contribution in [2.24, 2.45) is 0 Å². The predicted octanol–water partition coefficient (Wildman–Crippen LogP) is 0.844. The Kier molecular flexibility index (Phi) is 2.84. The molecule has 2 aliphatic heterocycles. The van der Waals surface area contributed by atoms with Crippen LogP contribution in [0.3, 0.4) is 0 Å². The van der Waals surface area contributed by atoms with E-state index >= 15 is 0 Å². The zero-order valence-corrected chi connectivity index (χ0v) is 9.41. The Bertz CT molecular complexity index is 375. The zero-order valence-electron chi connectivity index (χ0n) is 9.41. The molecule has 0 bridgehead atoms. The molecule has 3 heterocycles. The third-order valence-corrected chi connectivity index (χ3v) is 3.29. The van der Waals surface area contributed by atoms with Crippen molar-refractivity contribution in [1.29, 1.82) is 0 Å². The van der Waals surface area contributed by atoms with Crippen LogP contribution in [0.25, 0.3) is 0 Å². The normalized spacial score (nSPS) is 24.4. The average molecular weight is 219 g/mol. The minimum Gasteiger partial charge on any atom is -0.378 e. The lowest BCUT2D eigenvalue weighted by atomic mass is 10.1. The van der Waals surface area contributed by atoms with Gasteiger partial charge in [0.1, 0.15) is 5.82 Å². The molecule has 0 radical (unpaired) electrons. The van der Waals surface area contributed by atoms with Gasteiger partial charge in [-0.2, -0.15) is 0 Å². The van der Waals surface area contributed by atoms with Crippen LogP contribution in [0.15, 0.2) is 6.20 Å². The summed E-state index contributed by atoms with van der Waals surface area (Å²) in [5.41, 5.74) is 2.48. The number of nitrogens with one attached hydrogen (secondary N) is 1. The fourth-order valence-electron chi connectivity index (χ4n) is 2.38. The molecule has 86 valence electrons. The fraction of sp³-hybridized carbons (Fsp3) is 0.667. The third kappa shape index (κ3) is 2.08. The zero-order chi connectivity index (χ0) is 10.8. The van der Waals surface area contributed by atoms with Gasteiger partial charge in [0.05, 0.1) is 6.10 Å². The standard InChI is InChI=1S/C12H17N3O/c1-2-10(16-5-1)6-12-14-8-9-7-13-4-3-11(9)15-12/h8,10,13H,1-7H2. The highest BCUT2D eigenvalue weighted by Gasteiger charge is 2.18. The first kappa shape index (κ1) is 10.2. The summed E-state index contributed by atoms with van der Waals surface area (Å²) in [5, 5.41) is 3.33. The quantitative estimate of drug-likeness (QED) is 0.801. The van der Waals surface area contributed by atoms with E-state index in [0.29, 0.717) is 6.10 Å². The molecule has 0 amide bonds. The van der Waals surface area contributed by atoms with Gasteiger partial charge < -0.3 is 10.1 Å². The molecular weight excluding hydrogens is 202 g/mol. The van der Waals surface area contributed by atoms with Crippen LogP contribution in [0.4, 0.5) is 0 Å². The first-order valence-corrected chi connectivity index (χ1v) is 6.08. The van der Waals surface area contributed by atoms with Crippen molar-refractivity contribution in [1.82, 2.24) is 15.3 Å². The summed E-state index contributed by atoms with van der Waals surface area (Å²) in [7, 11) is 0. The number of aromatic nitrogens is 2. The van der Waals surface area contributed by atoms with E-state index < -0.39 is 0 Å². The Balaban J connectivity index is 1.74. The molecule has 1 fully saturated rings. The van der Waals surface area contributed by atoms with Crippen molar-refractivity contribution < 1.29 is 4.74 Å². The first-order chi connectivity index (χ1) is 7.92. The van der Waals surface area contributed by atoms with Crippen LogP contribution in [0.5, 0.6) is 0 Å². The van der Waals surface area contributed by atoms with Crippen molar-refractivity contribution in [2.45, 2.75) is 38.3 Å². The molecule has 4 heteroatoms. The van der Waals surface area contributed by atoms with Crippen molar-refractivity contribution in [2.75, 3.05) is 13.2 Å². The van der Waals surface area contributed by atoms with Gasteiger partial charge in [0, 0.05) is 50.0 Å². The highest BCUT2D eigenvalue weighted by molar-refractivity contribution is 5.20. The lowest BCUT2D eigenvalue weighted by molar-refractivity contribution is 0.110. The number of ether oxygens (including phenoxy) is 1. The summed E-state index contributed by atoms with van der Waals surface area (Å²) in [6.07, 6.45) is 6.55. The smallest absolute Gasteiger partial charge is 0.131 e. The molecule has 0 saturated carbocycles. The van der Waals surface area contributed by atoms with Gasteiger partial charge in [-0.1, -0.05) is 0 Å². The number of hydrogen-bond donors (Lipinski definition) is 1. The second-order valence-corrected chi connectivity index (χ2v) is 4.52. The Morgan fingerprint density at radius 3 is 3.38 bits per heavy atom. The number of fused-ring (bicyclic) bond motifs is 1. The van der Waals surface area contributed by atoms with E-state index in [2.05, 4.69) is 15.3 Å². The summed E-state index contributed by atoms with van der Waals surface area (Å²) >= 11 is 0. The van der Waals surface area contributed by atoms with Gasteiger partial charge in [0.15, 0.2) is 0 Å². The van der Waals surface area contributed by atoms with E-state index in [4.69, 9.17) is 4.74 Å². The van der Waals surface area contributed by atoms with Crippen LogP contribution in [0.1, 0.15) is 29.9 Å². The molecule has 4 nitrogen and oxygen atoms in total.